The van der Waals surface area contributed by atoms with Gasteiger partial charge in [0.15, 0.2) is 0 Å². The molecule has 0 saturated heterocycles. The van der Waals surface area contributed by atoms with Gasteiger partial charge in [-0.2, -0.15) is 0 Å². The molecule has 0 aliphatic carbocycles. The van der Waals surface area contributed by atoms with Crippen molar-refractivity contribution in [1.82, 2.24) is 0 Å². The fraction of sp³-hybridized carbons (Fsp3) is 0.412. The summed E-state index contributed by atoms with van der Waals surface area (Å²) in [5.41, 5.74) is 2.20. The van der Waals surface area contributed by atoms with Crippen LogP contribution < -0.4 is 0 Å². The van der Waals surface area contributed by atoms with Crippen molar-refractivity contribution in [3.05, 3.63) is 48.0 Å². The minimum Gasteiger partial charge on any atom is -0.463 e. The summed E-state index contributed by atoms with van der Waals surface area (Å²) in [5, 5.41) is 0. The van der Waals surface area contributed by atoms with E-state index < -0.39 is 5.97 Å². The molecule has 1 rings (SSSR count). The quantitative estimate of drug-likeness (QED) is 0.418. The maximum absolute atomic E-state index is 11.6. The predicted octanol–water partition coefficient (Wildman–Crippen LogP) is 3.36. The lowest BCUT2D eigenvalue weighted by atomic mass is 10.0. The Morgan fingerprint density at radius 2 is 2.05 bits per heavy atom. The van der Waals surface area contributed by atoms with Gasteiger partial charge in [-0.25, -0.2) is 4.79 Å². The lowest BCUT2D eigenvalue weighted by Gasteiger charge is -2.09. The second-order valence-electron chi connectivity index (χ2n) is 5.04. The van der Waals surface area contributed by atoms with E-state index in [1.807, 2.05) is 18.2 Å². The van der Waals surface area contributed by atoms with E-state index >= 15 is 0 Å². The zero-order chi connectivity index (χ0) is 15.7. The second-order valence-corrected chi connectivity index (χ2v) is 5.04. The first kappa shape index (κ1) is 17.0. The van der Waals surface area contributed by atoms with E-state index in [1.54, 1.807) is 0 Å². The smallest absolute Gasteiger partial charge is 0.330 e. The van der Waals surface area contributed by atoms with Gasteiger partial charge >= 0.3 is 11.9 Å². The number of hydrogen-bond donors (Lipinski definition) is 0. The maximum atomic E-state index is 11.6. The first-order valence-corrected chi connectivity index (χ1v) is 7.06. The number of hydrogen-bond acceptors (Lipinski definition) is 4. The minimum absolute atomic E-state index is 0.197. The molecular formula is C17H22O4. The average Bonchev–Trinajstić information content (AvgIpc) is 2.49. The van der Waals surface area contributed by atoms with Crippen LogP contribution in [0.25, 0.3) is 0 Å². The number of benzene rings is 1. The molecule has 0 amide bonds. The Kier molecular flexibility index (Phi) is 7.23. The molecule has 0 unspecified atom stereocenters. The fourth-order valence-electron chi connectivity index (χ4n) is 1.73. The van der Waals surface area contributed by atoms with Crippen molar-refractivity contribution in [2.45, 2.75) is 39.2 Å². The van der Waals surface area contributed by atoms with Gasteiger partial charge in [0.05, 0.1) is 6.61 Å². The molecule has 21 heavy (non-hydrogen) atoms. The van der Waals surface area contributed by atoms with Gasteiger partial charge in [-0.15, -0.1) is 0 Å². The van der Waals surface area contributed by atoms with Gasteiger partial charge in [0.2, 0.25) is 0 Å². The monoisotopic (exact) mass is 290 g/mol. The van der Waals surface area contributed by atoms with E-state index in [1.165, 1.54) is 5.56 Å². The SMILES string of the molecule is C=CC(=O)OCCCC(=O)OCc1cccc(C(C)C)c1. The van der Waals surface area contributed by atoms with E-state index in [0.29, 0.717) is 12.3 Å². The predicted molar refractivity (Wildman–Crippen MR) is 80.7 cm³/mol. The van der Waals surface area contributed by atoms with E-state index in [9.17, 15) is 9.59 Å². The molecule has 0 saturated carbocycles. The van der Waals surface area contributed by atoms with Crippen LogP contribution in [0.4, 0.5) is 0 Å². The van der Waals surface area contributed by atoms with Gasteiger partial charge in [-0.1, -0.05) is 44.7 Å². The summed E-state index contributed by atoms with van der Waals surface area (Å²) in [6.07, 6.45) is 1.78. The van der Waals surface area contributed by atoms with E-state index in [0.717, 1.165) is 11.6 Å². The van der Waals surface area contributed by atoms with Crippen LogP contribution in [-0.4, -0.2) is 18.5 Å². The van der Waals surface area contributed by atoms with Crippen LogP contribution >= 0.6 is 0 Å². The van der Waals surface area contributed by atoms with E-state index in [-0.39, 0.29) is 25.6 Å². The molecule has 0 heterocycles. The number of carbonyl (C=O) groups is 2. The normalized spacial score (nSPS) is 10.2. The van der Waals surface area contributed by atoms with Crippen molar-refractivity contribution in [3.63, 3.8) is 0 Å². The number of esters is 2. The highest BCUT2D eigenvalue weighted by atomic mass is 16.5. The second kappa shape index (κ2) is 8.95. The average molecular weight is 290 g/mol. The standard InChI is InChI=1S/C17H22O4/c1-4-16(18)20-10-6-9-17(19)21-12-14-7-5-8-15(11-14)13(2)3/h4-5,7-8,11,13H,1,6,9-10,12H2,2-3H3. The molecule has 1 aromatic carbocycles. The molecule has 0 N–H and O–H groups in total. The van der Waals surface area contributed by atoms with Crippen LogP contribution in [0.2, 0.25) is 0 Å². The van der Waals surface area contributed by atoms with Gasteiger partial charge in [0.1, 0.15) is 6.61 Å². The van der Waals surface area contributed by atoms with E-state index in [2.05, 4.69) is 26.5 Å². The van der Waals surface area contributed by atoms with Crippen LogP contribution in [0.15, 0.2) is 36.9 Å². The molecular weight excluding hydrogens is 268 g/mol. The van der Waals surface area contributed by atoms with Gasteiger partial charge in [-0.05, 0) is 23.5 Å². The fourth-order valence-corrected chi connectivity index (χ4v) is 1.73. The molecule has 4 nitrogen and oxygen atoms in total. The lowest BCUT2D eigenvalue weighted by Crippen LogP contribution is -2.08. The van der Waals surface area contributed by atoms with Crippen molar-refractivity contribution in [2.75, 3.05) is 6.61 Å². The molecule has 0 spiro atoms. The van der Waals surface area contributed by atoms with Gasteiger partial charge in [-0.3, -0.25) is 4.79 Å². The third-order valence-electron chi connectivity index (χ3n) is 2.95. The van der Waals surface area contributed by atoms with Crippen LogP contribution in [0.5, 0.6) is 0 Å². The molecule has 114 valence electrons. The maximum Gasteiger partial charge on any atom is 0.330 e. The highest BCUT2D eigenvalue weighted by Crippen LogP contribution is 2.16. The topological polar surface area (TPSA) is 52.6 Å². The number of rotatable bonds is 8. The van der Waals surface area contributed by atoms with Crippen LogP contribution in [0.1, 0.15) is 43.7 Å². The third-order valence-corrected chi connectivity index (χ3v) is 2.95. The van der Waals surface area contributed by atoms with E-state index in [4.69, 9.17) is 9.47 Å². The number of ether oxygens (including phenoxy) is 2. The summed E-state index contributed by atoms with van der Waals surface area (Å²) in [4.78, 5) is 22.4. The Bertz CT molecular complexity index is 491. The molecule has 4 heteroatoms. The van der Waals surface area contributed by atoms with Gasteiger partial charge in [0, 0.05) is 12.5 Å². The van der Waals surface area contributed by atoms with Gasteiger partial charge < -0.3 is 9.47 Å². The molecule has 0 aliphatic heterocycles. The Morgan fingerprint density at radius 1 is 1.29 bits per heavy atom. The van der Waals surface area contributed by atoms with Crippen molar-refractivity contribution in [2.24, 2.45) is 0 Å². The summed E-state index contributed by atoms with van der Waals surface area (Å²) in [5.74, 6) is -0.325. The van der Waals surface area contributed by atoms with Crippen molar-refractivity contribution < 1.29 is 19.1 Å². The minimum atomic E-state index is -0.478. The Labute approximate surface area is 125 Å². The molecule has 0 aromatic heterocycles. The Balaban J connectivity index is 2.28. The first-order chi connectivity index (χ1) is 10.0. The summed E-state index contributed by atoms with van der Waals surface area (Å²) < 4.78 is 9.98. The molecule has 0 atom stereocenters. The molecule has 0 radical (unpaired) electrons. The summed E-state index contributed by atoms with van der Waals surface area (Å²) in [7, 11) is 0. The van der Waals surface area contributed by atoms with Crippen molar-refractivity contribution in [1.29, 1.82) is 0 Å². The largest absolute Gasteiger partial charge is 0.463 e. The summed E-state index contributed by atoms with van der Waals surface area (Å²) in [6, 6.07) is 8.01. The van der Waals surface area contributed by atoms with Gasteiger partial charge in [0.25, 0.3) is 0 Å². The van der Waals surface area contributed by atoms with Crippen LogP contribution in [0.3, 0.4) is 0 Å². The van der Waals surface area contributed by atoms with Crippen molar-refractivity contribution in [3.8, 4) is 0 Å². The highest BCUT2D eigenvalue weighted by Gasteiger charge is 2.06. The lowest BCUT2D eigenvalue weighted by molar-refractivity contribution is -0.146. The highest BCUT2D eigenvalue weighted by molar-refractivity contribution is 5.81. The Morgan fingerprint density at radius 3 is 2.71 bits per heavy atom. The number of carbonyl (C=O) groups excluding carboxylic acids is 2. The van der Waals surface area contributed by atoms with Crippen LogP contribution in [-0.2, 0) is 25.7 Å². The molecule has 0 aliphatic rings. The van der Waals surface area contributed by atoms with Crippen molar-refractivity contribution >= 4 is 11.9 Å². The zero-order valence-corrected chi connectivity index (χ0v) is 12.6. The summed E-state index contributed by atoms with van der Waals surface area (Å²) >= 11 is 0. The molecule has 1 aromatic rings. The first-order valence-electron chi connectivity index (χ1n) is 7.06. The molecule has 0 fully saturated rings. The third kappa shape index (κ3) is 6.75. The zero-order valence-electron chi connectivity index (χ0n) is 12.6. The Hall–Kier alpha value is -2.10. The summed E-state index contributed by atoms with van der Waals surface area (Å²) in [6.45, 7) is 8.00. The van der Waals surface area contributed by atoms with Crippen LogP contribution in [0, 0.1) is 0 Å². The molecule has 0 bridgehead atoms.